The third kappa shape index (κ3) is 3.65. The molecule has 0 atom stereocenters. The predicted molar refractivity (Wildman–Crippen MR) is 107 cm³/mol. The van der Waals surface area contributed by atoms with Crippen LogP contribution in [0.2, 0.25) is 0 Å². The van der Waals surface area contributed by atoms with Gasteiger partial charge in [-0.25, -0.2) is 14.6 Å². The molecule has 2 N–H and O–H groups in total. The summed E-state index contributed by atoms with van der Waals surface area (Å²) in [4.78, 5) is 21.2. The first kappa shape index (κ1) is 17.2. The second-order valence-corrected chi connectivity index (χ2v) is 6.94. The Morgan fingerprint density at radius 2 is 2.00 bits per heavy atom. The number of rotatable bonds is 6. The van der Waals surface area contributed by atoms with Crippen molar-refractivity contribution in [1.29, 1.82) is 0 Å². The van der Waals surface area contributed by atoms with Crippen molar-refractivity contribution >= 4 is 32.6 Å². The minimum absolute atomic E-state index is 0.152. The van der Waals surface area contributed by atoms with E-state index in [4.69, 9.17) is 0 Å². The maximum atomic E-state index is 12.4. The molecule has 0 aliphatic heterocycles. The largest absolute Gasteiger partial charge is 0.360 e. The number of pyridine rings is 1. The van der Waals surface area contributed by atoms with Gasteiger partial charge in [-0.1, -0.05) is 29.5 Å². The molecule has 1 aromatic carbocycles. The third-order valence-electron chi connectivity index (χ3n) is 4.10. The maximum Gasteiger partial charge on any atom is 0.254 e. The van der Waals surface area contributed by atoms with Gasteiger partial charge in [0, 0.05) is 19.3 Å². The number of fused-ring (bicyclic) bond motifs is 1. The van der Waals surface area contributed by atoms with E-state index in [0.29, 0.717) is 24.5 Å². The van der Waals surface area contributed by atoms with Crippen molar-refractivity contribution in [3.8, 4) is 5.82 Å². The molecule has 1 amide bonds. The third-order valence-corrected chi connectivity index (χ3v) is 5.10. The number of carbonyl (C=O) groups is 1. The number of nitrogens with zero attached hydrogens (tertiary/aromatic N) is 4. The lowest BCUT2D eigenvalue weighted by atomic mass is 10.2. The van der Waals surface area contributed by atoms with Gasteiger partial charge in [0.25, 0.3) is 5.91 Å². The van der Waals surface area contributed by atoms with Crippen LogP contribution in [-0.2, 0) is 0 Å². The van der Waals surface area contributed by atoms with Gasteiger partial charge in [-0.3, -0.25) is 4.79 Å². The van der Waals surface area contributed by atoms with Gasteiger partial charge in [-0.05, 0) is 31.2 Å². The maximum absolute atomic E-state index is 12.4. The van der Waals surface area contributed by atoms with Crippen molar-refractivity contribution in [2.24, 2.45) is 0 Å². The van der Waals surface area contributed by atoms with Crippen LogP contribution in [0.25, 0.3) is 16.0 Å². The number of carbonyl (C=O) groups excluding carboxylic acids is 1. The van der Waals surface area contributed by atoms with Gasteiger partial charge in [0.15, 0.2) is 10.9 Å². The summed E-state index contributed by atoms with van der Waals surface area (Å²) in [5.41, 5.74) is 2.28. The van der Waals surface area contributed by atoms with E-state index in [9.17, 15) is 4.79 Å². The Hall–Kier alpha value is -3.26. The van der Waals surface area contributed by atoms with Crippen molar-refractivity contribution in [3.05, 3.63) is 66.1 Å². The molecule has 3 heterocycles. The molecule has 27 heavy (non-hydrogen) atoms. The average molecular weight is 378 g/mol. The molecule has 0 aliphatic rings. The lowest BCUT2D eigenvalue weighted by Gasteiger charge is -2.06. The van der Waals surface area contributed by atoms with Crippen LogP contribution in [0, 0.1) is 6.92 Å². The lowest BCUT2D eigenvalue weighted by molar-refractivity contribution is 0.0954. The molecule has 0 fully saturated rings. The summed E-state index contributed by atoms with van der Waals surface area (Å²) < 4.78 is 2.80. The molecular formula is C19H18N6OS. The highest BCUT2D eigenvalue weighted by Crippen LogP contribution is 2.24. The minimum atomic E-state index is -0.152. The van der Waals surface area contributed by atoms with Crippen LogP contribution in [0.5, 0.6) is 0 Å². The average Bonchev–Trinajstić information content (AvgIpc) is 3.29. The fourth-order valence-electron chi connectivity index (χ4n) is 2.73. The minimum Gasteiger partial charge on any atom is -0.360 e. The molecule has 0 unspecified atom stereocenters. The summed E-state index contributed by atoms with van der Waals surface area (Å²) in [6.07, 6.45) is 3.27. The number of anilines is 1. The molecule has 8 heteroatoms. The summed E-state index contributed by atoms with van der Waals surface area (Å²) in [6.45, 7) is 2.94. The van der Waals surface area contributed by atoms with Crippen LogP contribution < -0.4 is 10.6 Å². The van der Waals surface area contributed by atoms with Crippen molar-refractivity contribution in [1.82, 2.24) is 25.1 Å². The molecule has 0 spiro atoms. The van der Waals surface area contributed by atoms with E-state index in [1.807, 2.05) is 49.4 Å². The Kier molecular flexibility index (Phi) is 4.80. The second-order valence-electron chi connectivity index (χ2n) is 5.91. The highest BCUT2D eigenvalue weighted by atomic mass is 32.1. The van der Waals surface area contributed by atoms with E-state index >= 15 is 0 Å². The van der Waals surface area contributed by atoms with E-state index < -0.39 is 0 Å². The van der Waals surface area contributed by atoms with E-state index in [0.717, 1.165) is 21.0 Å². The zero-order valence-corrected chi connectivity index (χ0v) is 15.5. The van der Waals surface area contributed by atoms with Crippen molar-refractivity contribution in [3.63, 3.8) is 0 Å². The number of thiazole rings is 1. The van der Waals surface area contributed by atoms with Gasteiger partial charge < -0.3 is 10.6 Å². The van der Waals surface area contributed by atoms with E-state index in [1.54, 1.807) is 28.4 Å². The van der Waals surface area contributed by atoms with Gasteiger partial charge >= 0.3 is 0 Å². The Morgan fingerprint density at radius 3 is 2.81 bits per heavy atom. The van der Waals surface area contributed by atoms with Crippen molar-refractivity contribution in [2.45, 2.75) is 6.92 Å². The van der Waals surface area contributed by atoms with Gasteiger partial charge in [0.2, 0.25) is 0 Å². The molecular weight excluding hydrogens is 360 g/mol. The second kappa shape index (κ2) is 7.55. The number of nitrogens with one attached hydrogen (secondary N) is 2. The zero-order valence-electron chi connectivity index (χ0n) is 14.7. The number of aromatic nitrogens is 4. The molecule has 136 valence electrons. The van der Waals surface area contributed by atoms with Crippen LogP contribution in [0.4, 0.5) is 5.13 Å². The Morgan fingerprint density at radius 1 is 1.15 bits per heavy atom. The monoisotopic (exact) mass is 378 g/mol. The Labute approximate surface area is 160 Å². The number of para-hydroxylation sites is 1. The molecule has 0 radical (unpaired) electrons. The van der Waals surface area contributed by atoms with Crippen molar-refractivity contribution < 1.29 is 4.79 Å². The first-order valence-corrected chi connectivity index (χ1v) is 9.38. The molecule has 0 saturated heterocycles. The molecule has 3 aromatic heterocycles. The quantitative estimate of drug-likeness (QED) is 0.504. The summed E-state index contributed by atoms with van der Waals surface area (Å²) in [7, 11) is 0. The Balaban J connectivity index is 1.34. The van der Waals surface area contributed by atoms with Crippen molar-refractivity contribution in [2.75, 3.05) is 18.4 Å². The van der Waals surface area contributed by atoms with E-state index in [1.165, 1.54) is 0 Å². The molecule has 0 saturated carbocycles. The number of benzene rings is 1. The molecule has 0 aliphatic carbocycles. The van der Waals surface area contributed by atoms with Crippen LogP contribution in [0.3, 0.4) is 0 Å². The van der Waals surface area contributed by atoms with Crippen LogP contribution >= 0.6 is 11.3 Å². The highest BCUT2D eigenvalue weighted by Gasteiger charge is 2.15. The number of hydrogen-bond donors (Lipinski definition) is 2. The van der Waals surface area contributed by atoms with Gasteiger partial charge in [-0.15, -0.1) is 0 Å². The Bertz CT molecular complexity index is 1040. The highest BCUT2D eigenvalue weighted by molar-refractivity contribution is 7.22. The summed E-state index contributed by atoms with van der Waals surface area (Å²) >= 11 is 1.60. The zero-order chi connectivity index (χ0) is 18.6. The van der Waals surface area contributed by atoms with Gasteiger partial charge in [-0.2, -0.15) is 5.10 Å². The lowest BCUT2D eigenvalue weighted by Crippen LogP contribution is -2.29. The molecule has 4 rings (SSSR count). The fourth-order valence-corrected chi connectivity index (χ4v) is 3.62. The normalized spacial score (nSPS) is 10.9. The summed E-state index contributed by atoms with van der Waals surface area (Å²) in [5.74, 6) is 0.535. The van der Waals surface area contributed by atoms with Crippen LogP contribution in [0.15, 0.2) is 54.9 Å². The topological polar surface area (TPSA) is 84.7 Å². The molecule has 4 aromatic rings. The first-order valence-electron chi connectivity index (χ1n) is 8.56. The SMILES string of the molecule is Cc1c(C(=O)NCCNc2nc3ccccc3s2)cnn1-c1ccccn1. The summed E-state index contributed by atoms with van der Waals surface area (Å²) in [5, 5.41) is 11.3. The van der Waals surface area contributed by atoms with Gasteiger partial charge in [0.1, 0.15) is 0 Å². The summed E-state index contributed by atoms with van der Waals surface area (Å²) in [6, 6.07) is 13.6. The number of hydrogen-bond acceptors (Lipinski definition) is 6. The van der Waals surface area contributed by atoms with E-state index in [-0.39, 0.29) is 5.91 Å². The fraction of sp³-hybridized carbons (Fsp3) is 0.158. The molecule has 7 nitrogen and oxygen atoms in total. The number of amides is 1. The van der Waals surface area contributed by atoms with Crippen LogP contribution in [-0.4, -0.2) is 38.7 Å². The standard InChI is InChI=1S/C19H18N6OS/c1-13-14(12-23-25(13)17-8-4-5-9-20-17)18(26)21-10-11-22-19-24-15-6-2-3-7-16(15)27-19/h2-9,12H,10-11H2,1H3,(H,21,26)(H,22,24). The smallest absolute Gasteiger partial charge is 0.254 e. The van der Waals surface area contributed by atoms with E-state index in [2.05, 4.69) is 25.7 Å². The van der Waals surface area contributed by atoms with Gasteiger partial charge in [0.05, 0.1) is 27.7 Å². The predicted octanol–water partition coefficient (Wildman–Crippen LogP) is 3.03. The molecule has 0 bridgehead atoms. The first-order chi connectivity index (χ1) is 13.2. The van der Waals surface area contributed by atoms with Crippen LogP contribution in [0.1, 0.15) is 16.1 Å².